The monoisotopic (exact) mass is 261 g/mol. The van der Waals surface area contributed by atoms with Gasteiger partial charge in [-0.3, -0.25) is 0 Å². The zero-order valence-electron chi connectivity index (χ0n) is 11.2. The molecule has 0 amide bonds. The molecule has 1 aliphatic rings. The molecule has 2 aromatic heterocycles. The van der Waals surface area contributed by atoms with E-state index in [4.69, 9.17) is 10.3 Å². The van der Waals surface area contributed by atoms with Gasteiger partial charge in [0.2, 0.25) is 11.7 Å². The Hall–Kier alpha value is -1.69. The first-order valence-electron chi connectivity index (χ1n) is 6.74. The van der Waals surface area contributed by atoms with Crippen LogP contribution in [0.5, 0.6) is 0 Å². The Morgan fingerprint density at radius 1 is 1.37 bits per heavy atom. The third-order valence-electron chi connectivity index (χ3n) is 3.87. The molecule has 1 aliphatic carbocycles. The summed E-state index contributed by atoms with van der Waals surface area (Å²) in [6, 6.07) is 0. The molecular formula is C13H19N5O. The Morgan fingerprint density at radius 3 is 2.84 bits per heavy atom. The van der Waals surface area contributed by atoms with Crippen molar-refractivity contribution in [3.8, 4) is 11.5 Å². The molecule has 2 heterocycles. The summed E-state index contributed by atoms with van der Waals surface area (Å²) in [7, 11) is 1.91. The third-order valence-corrected chi connectivity index (χ3v) is 3.87. The van der Waals surface area contributed by atoms with E-state index in [-0.39, 0.29) is 5.54 Å². The van der Waals surface area contributed by atoms with Gasteiger partial charge in [0.15, 0.2) is 0 Å². The third kappa shape index (κ3) is 2.53. The average Bonchev–Trinajstić information content (AvgIpc) is 2.98. The lowest BCUT2D eigenvalue weighted by atomic mass is 9.80. The average molecular weight is 261 g/mol. The Bertz CT molecular complexity index is 553. The summed E-state index contributed by atoms with van der Waals surface area (Å²) in [6.45, 7) is 0. The largest absolute Gasteiger partial charge is 0.339 e. The van der Waals surface area contributed by atoms with E-state index < -0.39 is 0 Å². The number of aromatic nitrogens is 4. The van der Waals surface area contributed by atoms with Crippen LogP contribution in [-0.2, 0) is 13.5 Å². The van der Waals surface area contributed by atoms with Crippen LogP contribution in [0.3, 0.4) is 0 Å². The summed E-state index contributed by atoms with van der Waals surface area (Å²) >= 11 is 0. The van der Waals surface area contributed by atoms with Crippen LogP contribution in [0, 0.1) is 0 Å². The molecule has 0 saturated heterocycles. The highest BCUT2D eigenvalue weighted by Gasteiger charge is 2.30. The number of nitrogens with two attached hydrogens (primary N) is 1. The minimum absolute atomic E-state index is 0.172. The van der Waals surface area contributed by atoms with Crippen LogP contribution in [0.2, 0.25) is 0 Å². The van der Waals surface area contributed by atoms with Crippen LogP contribution in [0.25, 0.3) is 11.5 Å². The van der Waals surface area contributed by atoms with E-state index in [1.165, 1.54) is 19.3 Å². The quantitative estimate of drug-likeness (QED) is 0.908. The maximum Gasteiger partial charge on any atom is 0.228 e. The number of aryl methyl sites for hydroxylation is 1. The lowest BCUT2D eigenvalue weighted by molar-refractivity contribution is 0.261. The molecule has 1 saturated carbocycles. The SMILES string of the molecule is Cn1cncc1-c1noc(CC2(N)CCCCC2)n1. The number of hydrogen-bond donors (Lipinski definition) is 1. The van der Waals surface area contributed by atoms with Crippen LogP contribution in [0.1, 0.15) is 38.0 Å². The van der Waals surface area contributed by atoms with Gasteiger partial charge in [0, 0.05) is 19.0 Å². The van der Waals surface area contributed by atoms with E-state index in [0.29, 0.717) is 18.1 Å². The topological polar surface area (TPSA) is 82.8 Å². The first-order chi connectivity index (χ1) is 9.16. The van der Waals surface area contributed by atoms with E-state index >= 15 is 0 Å². The molecule has 0 atom stereocenters. The number of imidazole rings is 1. The van der Waals surface area contributed by atoms with Crippen LogP contribution in [0.4, 0.5) is 0 Å². The van der Waals surface area contributed by atoms with Crippen molar-refractivity contribution in [2.24, 2.45) is 12.8 Å². The van der Waals surface area contributed by atoms with Gasteiger partial charge in [-0.25, -0.2) is 4.98 Å². The molecule has 0 aliphatic heterocycles. The van der Waals surface area contributed by atoms with Crippen molar-refractivity contribution in [3.05, 3.63) is 18.4 Å². The zero-order valence-corrected chi connectivity index (χ0v) is 11.2. The summed E-state index contributed by atoms with van der Waals surface area (Å²) < 4.78 is 7.20. The Kier molecular flexibility index (Phi) is 3.10. The highest BCUT2D eigenvalue weighted by atomic mass is 16.5. The van der Waals surface area contributed by atoms with Crippen LogP contribution >= 0.6 is 0 Å². The maximum absolute atomic E-state index is 6.40. The van der Waals surface area contributed by atoms with Gasteiger partial charge in [0.05, 0.1) is 12.5 Å². The molecule has 0 spiro atoms. The van der Waals surface area contributed by atoms with Crippen molar-refractivity contribution in [1.29, 1.82) is 0 Å². The zero-order chi connectivity index (χ0) is 13.3. The smallest absolute Gasteiger partial charge is 0.228 e. The fourth-order valence-corrected chi connectivity index (χ4v) is 2.74. The molecule has 3 rings (SSSR count). The molecule has 0 aromatic carbocycles. The molecule has 0 bridgehead atoms. The van der Waals surface area contributed by atoms with Crippen molar-refractivity contribution in [2.75, 3.05) is 0 Å². The minimum atomic E-state index is -0.172. The second-order valence-corrected chi connectivity index (χ2v) is 5.50. The summed E-state index contributed by atoms with van der Waals surface area (Å²) in [5.41, 5.74) is 7.08. The highest BCUT2D eigenvalue weighted by molar-refractivity contribution is 5.47. The Morgan fingerprint density at radius 2 is 2.16 bits per heavy atom. The van der Waals surface area contributed by atoms with Crippen molar-refractivity contribution in [3.63, 3.8) is 0 Å². The molecule has 6 heteroatoms. The van der Waals surface area contributed by atoms with Gasteiger partial charge in [-0.2, -0.15) is 4.98 Å². The van der Waals surface area contributed by atoms with Gasteiger partial charge in [0.25, 0.3) is 0 Å². The first-order valence-corrected chi connectivity index (χ1v) is 6.74. The predicted octanol–water partition coefficient (Wildman–Crippen LogP) is 1.67. The van der Waals surface area contributed by atoms with Crippen molar-refractivity contribution in [1.82, 2.24) is 19.7 Å². The molecule has 2 aromatic rings. The van der Waals surface area contributed by atoms with Gasteiger partial charge in [-0.05, 0) is 12.8 Å². The summed E-state index contributed by atoms with van der Waals surface area (Å²) in [4.78, 5) is 8.49. The van der Waals surface area contributed by atoms with Crippen LogP contribution in [0.15, 0.2) is 17.0 Å². The molecular weight excluding hydrogens is 242 g/mol. The van der Waals surface area contributed by atoms with E-state index in [0.717, 1.165) is 18.5 Å². The Labute approximate surface area is 112 Å². The fraction of sp³-hybridized carbons (Fsp3) is 0.615. The summed E-state index contributed by atoms with van der Waals surface area (Å²) in [6.07, 6.45) is 9.86. The van der Waals surface area contributed by atoms with Gasteiger partial charge < -0.3 is 14.8 Å². The molecule has 102 valence electrons. The van der Waals surface area contributed by atoms with Gasteiger partial charge >= 0.3 is 0 Å². The van der Waals surface area contributed by atoms with Gasteiger partial charge in [-0.1, -0.05) is 24.4 Å². The molecule has 1 fully saturated rings. The lowest BCUT2D eigenvalue weighted by Crippen LogP contribution is -2.43. The standard InChI is InChI=1S/C13H19N5O/c1-18-9-15-8-10(18)12-16-11(19-17-12)7-13(14)5-3-2-4-6-13/h8-9H,2-7,14H2,1H3. The van der Waals surface area contributed by atoms with Gasteiger partial charge in [-0.15, -0.1) is 0 Å². The molecule has 6 nitrogen and oxygen atoms in total. The Balaban J connectivity index is 1.76. The lowest BCUT2D eigenvalue weighted by Gasteiger charge is -2.31. The summed E-state index contributed by atoms with van der Waals surface area (Å²) in [5, 5.41) is 4.01. The highest BCUT2D eigenvalue weighted by Crippen LogP contribution is 2.29. The normalized spacial score (nSPS) is 18.6. The van der Waals surface area contributed by atoms with Crippen LogP contribution < -0.4 is 5.73 Å². The van der Waals surface area contributed by atoms with E-state index in [1.54, 1.807) is 12.5 Å². The maximum atomic E-state index is 6.40. The van der Waals surface area contributed by atoms with E-state index in [9.17, 15) is 0 Å². The van der Waals surface area contributed by atoms with E-state index in [2.05, 4.69) is 15.1 Å². The molecule has 0 unspecified atom stereocenters. The second kappa shape index (κ2) is 4.77. The summed E-state index contributed by atoms with van der Waals surface area (Å²) in [5.74, 6) is 1.20. The van der Waals surface area contributed by atoms with E-state index in [1.807, 2.05) is 11.6 Å². The number of rotatable bonds is 3. The molecule has 19 heavy (non-hydrogen) atoms. The fourth-order valence-electron chi connectivity index (χ4n) is 2.74. The molecule has 2 N–H and O–H groups in total. The first kappa shape index (κ1) is 12.3. The van der Waals surface area contributed by atoms with Crippen molar-refractivity contribution < 1.29 is 4.52 Å². The predicted molar refractivity (Wildman–Crippen MR) is 70.2 cm³/mol. The minimum Gasteiger partial charge on any atom is -0.339 e. The number of hydrogen-bond acceptors (Lipinski definition) is 5. The van der Waals surface area contributed by atoms with Crippen LogP contribution in [-0.4, -0.2) is 25.2 Å². The van der Waals surface area contributed by atoms with Crippen molar-refractivity contribution >= 4 is 0 Å². The second-order valence-electron chi connectivity index (χ2n) is 5.50. The van der Waals surface area contributed by atoms with Gasteiger partial charge in [0.1, 0.15) is 5.69 Å². The van der Waals surface area contributed by atoms with Crippen molar-refractivity contribution in [2.45, 2.75) is 44.1 Å². The number of nitrogens with zero attached hydrogens (tertiary/aromatic N) is 4. The molecule has 0 radical (unpaired) electrons.